The van der Waals surface area contributed by atoms with Gasteiger partial charge < -0.3 is 9.52 Å². The Bertz CT molecular complexity index is 450. The number of carboxylic acid groups (broad SMARTS) is 1. The van der Waals surface area contributed by atoms with Gasteiger partial charge in [0.15, 0.2) is 18.0 Å². The maximum Gasteiger partial charge on any atom is 0.307 e. The van der Waals surface area contributed by atoms with Crippen molar-refractivity contribution in [3.63, 3.8) is 0 Å². The lowest BCUT2D eigenvalue weighted by Crippen LogP contribution is -2.01. The van der Waals surface area contributed by atoms with Crippen LogP contribution in [-0.2, 0) is 11.2 Å². The molecule has 0 unspecified atom stereocenters. The monoisotopic (exact) mass is 205 g/mol. The Morgan fingerprint density at radius 3 is 2.60 bits per heavy atom. The van der Waals surface area contributed by atoms with Gasteiger partial charge in [-0.1, -0.05) is 0 Å². The third-order valence-electron chi connectivity index (χ3n) is 1.71. The zero-order chi connectivity index (χ0) is 10.7. The highest BCUT2D eigenvalue weighted by Gasteiger charge is 2.06. The minimum atomic E-state index is -0.911. The Morgan fingerprint density at radius 1 is 1.33 bits per heavy atom. The molecule has 2 aromatic heterocycles. The molecule has 6 nitrogen and oxygen atoms in total. The van der Waals surface area contributed by atoms with Crippen molar-refractivity contribution in [2.24, 2.45) is 0 Å². The van der Waals surface area contributed by atoms with Gasteiger partial charge >= 0.3 is 5.97 Å². The van der Waals surface area contributed by atoms with E-state index in [1.54, 1.807) is 0 Å². The minimum absolute atomic E-state index is 0.0866. The van der Waals surface area contributed by atoms with E-state index in [0.29, 0.717) is 17.1 Å². The normalized spacial score (nSPS) is 10.1. The summed E-state index contributed by atoms with van der Waals surface area (Å²) in [6.45, 7) is 0. The van der Waals surface area contributed by atoms with E-state index in [2.05, 4.69) is 15.0 Å². The maximum absolute atomic E-state index is 10.4. The van der Waals surface area contributed by atoms with Crippen LogP contribution in [0.5, 0.6) is 0 Å². The van der Waals surface area contributed by atoms with E-state index >= 15 is 0 Å². The average Bonchev–Trinajstić information content (AvgIpc) is 2.71. The molecule has 0 saturated heterocycles. The van der Waals surface area contributed by atoms with Gasteiger partial charge in [0.05, 0.1) is 12.6 Å². The fourth-order valence-electron chi connectivity index (χ4n) is 1.07. The topological polar surface area (TPSA) is 89.1 Å². The summed E-state index contributed by atoms with van der Waals surface area (Å²) in [4.78, 5) is 22.1. The second-order valence-corrected chi connectivity index (χ2v) is 2.85. The van der Waals surface area contributed by atoms with Gasteiger partial charge in [-0.25, -0.2) is 15.0 Å². The largest absolute Gasteiger partial charge is 0.481 e. The van der Waals surface area contributed by atoms with Crippen LogP contribution in [0.3, 0.4) is 0 Å². The number of rotatable bonds is 3. The fourth-order valence-corrected chi connectivity index (χ4v) is 1.07. The molecule has 0 atom stereocenters. The zero-order valence-corrected chi connectivity index (χ0v) is 7.62. The summed E-state index contributed by atoms with van der Waals surface area (Å²) in [5, 5.41) is 8.54. The molecule has 0 radical (unpaired) electrons. The third kappa shape index (κ3) is 2.16. The average molecular weight is 205 g/mol. The van der Waals surface area contributed by atoms with Crippen LogP contribution in [0.4, 0.5) is 0 Å². The molecule has 0 amide bonds. The van der Waals surface area contributed by atoms with Crippen LogP contribution in [-0.4, -0.2) is 26.0 Å². The van der Waals surface area contributed by atoms with Crippen LogP contribution in [0, 0.1) is 0 Å². The summed E-state index contributed by atoms with van der Waals surface area (Å²) >= 11 is 0. The van der Waals surface area contributed by atoms with E-state index < -0.39 is 5.97 Å². The maximum atomic E-state index is 10.4. The minimum Gasteiger partial charge on any atom is -0.481 e. The van der Waals surface area contributed by atoms with E-state index in [1.165, 1.54) is 25.0 Å². The first-order valence-electron chi connectivity index (χ1n) is 4.17. The van der Waals surface area contributed by atoms with Crippen molar-refractivity contribution in [3.8, 4) is 11.6 Å². The lowest BCUT2D eigenvalue weighted by Gasteiger charge is -1.97. The molecule has 0 saturated carbocycles. The molecule has 76 valence electrons. The third-order valence-corrected chi connectivity index (χ3v) is 1.71. The number of hydrogen-bond donors (Lipinski definition) is 1. The molecule has 1 N–H and O–H groups in total. The van der Waals surface area contributed by atoms with Crippen LogP contribution in [0.25, 0.3) is 11.6 Å². The standard InChI is InChI=1S/C9H7N3O3/c13-8(14)1-6-2-11-9(12-3-6)7-4-10-5-15-7/h2-5H,1H2,(H,13,14). The van der Waals surface area contributed by atoms with Crippen molar-refractivity contribution in [2.75, 3.05) is 0 Å². The number of nitrogens with zero attached hydrogens (tertiary/aromatic N) is 3. The predicted molar refractivity (Wildman–Crippen MR) is 48.9 cm³/mol. The van der Waals surface area contributed by atoms with Gasteiger partial charge in [-0.05, 0) is 5.56 Å². The number of aromatic nitrogens is 3. The Kier molecular flexibility index (Phi) is 2.40. The molecule has 0 spiro atoms. The van der Waals surface area contributed by atoms with Crippen molar-refractivity contribution >= 4 is 5.97 Å². The van der Waals surface area contributed by atoms with Crippen molar-refractivity contribution < 1.29 is 14.3 Å². The quantitative estimate of drug-likeness (QED) is 0.795. The first-order valence-corrected chi connectivity index (χ1v) is 4.17. The van der Waals surface area contributed by atoms with Crippen LogP contribution in [0.2, 0.25) is 0 Å². The smallest absolute Gasteiger partial charge is 0.307 e. The van der Waals surface area contributed by atoms with Gasteiger partial charge in [0.25, 0.3) is 0 Å². The number of oxazole rings is 1. The van der Waals surface area contributed by atoms with E-state index in [0.717, 1.165) is 0 Å². The second kappa shape index (κ2) is 3.87. The molecule has 0 aliphatic rings. The molecule has 2 heterocycles. The molecule has 2 rings (SSSR count). The first-order chi connectivity index (χ1) is 7.25. The van der Waals surface area contributed by atoms with Crippen molar-refractivity contribution in [3.05, 3.63) is 30.5 Å². The molecular formula is C9H7N3O3. The van der Waals surface area contributed by atoms with Gasteiger partial charge in [0.1, 0.15) is 0 Å². The van der Waals surface area contributed by atoms with E-state index in [-0.39, 0.29) is 6.42 Å². The lowest BCUT2D eigenvalue weighted by atomic mass is 10.2. The summed E-state index contributed by atoms with van der Waals surface area (Å²) in [5.74, 6) is -0.0653. The Morgan fingerprint density at radius 2 is 2.07 bits per heavy atom. The summed E-state index contributed by atoms with van der Waals surface area (Å²) in [6, 6.07) is 0. The van der Waals surface area contributed by atoms with Crippen LogP contribution >= 0.6 is 0 Å². The van der Waals surface area contributed by atoms with Crippen LogP contribution in [0.15, 0.2) is 29.4 Å². The number of aliphatic carboxylic acids is 1. The molecule has 0 aliphatic carbocycles. The lowest BCUT2D eigenvalue weighted by molar-refractivity contribution is -0.136. The highest BCUT2D eigenvalue weighted by molar-refractivity contribution is 5.69. The molecule has 0 fully saturated rings. The van der Waals surface area contributed by atoms with E-state index in [1.807, 2.05) is 0 Å². The van der Waals surface area contributed by atoms with Crippen molar-refractivity contribution in [1.82, 2.24) is 15.0 Å². The zero-order valence-electron chi connectivity index (χ0n) is 7.62. The van der Waals surface area contributed by atoms with Gasteiger partial charge in [0.2, 0.25) is 0 Å². The predicted octanol–water partition coefficient (Wildman–Crippen LogP) is 0.759. The summed E-state index contributed by atoms with van der Waals surface area (Å²) in [7, 11) is 0. The SMILES string of the molecule is O=C(O)Cc1cnc(-c2cnco2)nc1. The molecule has 15 heavy (non-hydrogen) atoms. The molecular weight excluding hydrogens is 198 g/mol. The van der Waals surface area contributed by atoms with Crippen molar-refractivity contribution in [1.29, 1.82) is 0 Å². The summed E-state index contributed by atoms with van der Waals surface area (Å²) < 4.78 is 4.99. The summed E-state index contributed by atoms with van der Waals surface area (Å²) in [6.07, 6.45) is 5.60. The second-order valence-electron chi connectivity index (χ2n) is 2.85. The molecule has 6 heteroatoms. The fraction of sp³-hybridized carbons (Fsp3) is 0.111. The molecule has 0 aliphatic heterocycles. The van der Waals surface area contributed by atoms with Crippen molar-refractivity contribution in [2.45, 2.75) is 6.42 Å². The molecule has 0 bridgehead atoms. The highest BCUT2D eigenvalue weighted by atomic mass is 16.4. The number of carboxylic acids is 1. The Hall–Kier alpha value is -2.24. The molecule has 0 aromatic carbocycles. The van der Waals surface area contributed by atoms with Crippen LogP contribution in [0.1, 0.15) is 5.56 Å². The first kappa shape index (κ1) is 9.32. The number of hydrogen-bond acceptors (Lipinski definition) is 5. The number of carbonyl (C=O) groups is 1. The van der Waals surface area contributed by atoms with Gasteiger partial charge in [-0.3, -0.25) is 4.79 Å². The Labute approximate surface area is 84.6 Å². The van der Waals surface area contributed by atoms with E-state index in [4.69, 9.17) is 9.52 Å². The van der Waals surface area contributed by atoms with Gasteiger partial charge in [0, 0.05) is 12.4 Å². The van der Waals surface area contributed by atoms with Gasteiger partial charge in [-0.2, -0.15) is 0 Å². The van der Waals surface area contributed by atoms with E-state index in [9.17, 15) is 4.79 Å². The summed E-state index contributed by atoms with van der Waals surface area (Å²) in [5.41, 5.74) is 0.547. The van der Waals surface area contributed by atoms with Gasteiger partial charge in [-0.15, -0.1) is 0 Å². The Balaban J connectivity index is 2.21. The van der Waals surface area contributed by atoms with Crippen LogP contribution < -0.4 is 0 Å². The molecule has 2 aromatic rings. The highest BCUT2D eigenvalue weighted by Crippen LogP contribution is 2.12.